The predicted molar refractivity (Wildman–Crippen MR) is 59.5 cm³/mol. The Hall–Kier alpha value is -1.88. The molecule has 3 aromatic rings. The van der Waals surface area contributed by atoms with Gasteiger partial charge in [-0.1, -0.05) is 6.07 Å². The van der Waals surface area contributed by atoms with Crippen LogP contribution in [0.3, 0.4) is 0 Å². The van der Waals surface area contributed by atoms with Crippen molar-refractivity contribution >= 4 is 11.3 Å². The molecule has 0 atom stereocenters. The van der Waals surface area contributed by atoms with Crippen LogP contribution in [0.2, 0.25) is 0 Å². The number of nitrogens with zero attached hydrogens (tertiary/aromatic N) is 2. The van der Waals surface area contributed by atoms with Crippen molar-refractivity contribution < 1.29 is 0 Å². The van der Waals surface area contributed by atoms with Crippen LogP contribution in [0.5, 0.6) is 0 Å². The van der Waals surface area contributed by atoms with Gasteiger partial charge in [-0.05, 0) is 23.6 Å². The SMILES string of the molecule is c1c[nH]c(-c2nc(-c3cccs3)n[nH]2)c1. The van der Waals surface area contributed by atoms with Crippen molar-refractivity contribution in [3.63, 3.8) is 0 Å². The fraction of sp³-hybridized carbons (Fsp3) is 0. The molecule has 0 aliphatic carbocycles. The number of H-pyrrole nitrogens is 2. The highest BCUT2D eigenvalue weighted by molar-refractivity contribution is 7.13. The number of rotatable bonds is 2. The molecule has 2 N–H and O–H groups in total. The molecule has 74 valence electrons. The topological polar surface area (TPSA) is 57.4 Å². The molecule has 3 heterocycles. The molecule has 4 nitrogen and oxygen atoms in total. The minimum atomic E-state index is 0.745. The van der Waals surface area contributed by atoms with Crippen molar-refractivity contribution in [1.29, 1.82) is 0 Å². The maximum Gasteiger partial charge on any atom is 0.191 e. The second-order valence-electron chi connectivity index (χ2n) is 3.07. The van der Waals surface area contributed by atoms with Crippen molar-refractivity contribution in [2.45, 2.75) is 0 Å². The molecule has 0 bridgehead atoms. The summed E-state index contributed by atoms with van der Waals surface area (Å²) in [5.74, 6) is 1.51. The first-order valence-electron chi connectivity index (χ1n) is 4.53. The highest BCUT2D eigenvalue weighted by atomic mass is 32.1. The minimum Gasteiger partial charge on any atom is -0.359 e. The van der Waals surface area contributed by atoms with Gasteiger partial charge in [0, 0.05) is 6.20 Å². The summed E-state index contributed by atoms with van der Waals surface area (Å²) in [7, 11) is 0. The van der Waals surface area contributed by atoms with E-state index >= 15 is 0 Å². The normalized spacial score (nSPS) is 10.7. The largest absolute Gasteiger partial charge is 0.359 e. The lowest BCUT2D eigenvalue weighted by atomic mass is 10.4. The third-order valence-electron chi connectivity index (χ3n) is 2.08. The van der Waals surface area contributed by atoms with E-state index in [1.807, 2.05) is 35.8 Å². The van der Waals surface area contributed by atoms with Gasteiger partial charge in [0.1, 0.15) is 0 Å². The fourth-order valence-corrected chi connectivity index (χ4v) is 2.03. The van der Waals surface area contributed by atoms with Crippen LogP contribution in [-0.4, -0.2) is 20.2 Å². The number of thiophene rings is 1. The van der Waals surface area contributed by atoms with Gasteiger partial charge in [-0.3, -0.25) is 5.10 Å². The number of hydrogen-bond donors (Lipinski definition) is 2. The highest BCUT2D eigenvalue weighted by Crippen LogP contribution is 2.22. The molecule has 0 saturated carbocycles. The van der Waals surface area contributed by atoms with E-state index in [9.17, 15) is 0 Å². The predicted octanol–water partition coefficient (Wildman–Crippen LogP) is 2.53. The fourth-order valence-electron chi connectivity index (χ4n) is 1.38. The van der Waals surface area contributed by atoms with E-state index in [0.29, 0.717) is 0 Å². The lowest BCUT2D eigenvalue weighted by Gasteiger charge is -1.87. The highest BCUT2D eigenvalue weighted by Gasteiger charge is 2.08. The van der Waals surface area contributed by atoms with Gasteiger partial charge in [0.05, 0.1) is 10.6 Å². The quantitative estimate of drug-likeness (QED) is 0.691. The van der Waals surface area contributed by atoms with Gasteiger partial charge in [-0.2, -0.15) is 5.10 Å². The van der Waals surface area contributed by atoms with Crippen LogP contribution in [0.1, 0.15) is 0 Å². The van der Waals surface area contributed by atoms with Gasteiger partial charge in [-0.25, -0.2) is 4.98 Å². The van der Waals surface area contributed by atoms with E-state index in [1.54, 1.807) is 11.3 Å². The zero-order valence-electron chi connectivity index (χ0n) is 7.77. The van der Waals surface area contributed by atoms with Crippen molar-refractivity contribution in [1.82, 2.24) is 20.2 Å². The van der Waals surface area contributed by atoms with Crippen molar-refractivity contribution in [2.75, 3.05) is 0 Å². The van der Waals surface area contributed by atoms with Crippen LogP contribution in [0, 0.1) is 0 Å². The lowest BCUT2D eigenvalue weighted by Crippen LogP contribution is -1.78. The summed E-state index contributed by atoms with van der Waals surface area (Å²) in [5, 5.41) is 9.09. The first-order valence-corrected chi connectivity index (χ1v) is 5.41. The maximum atomic E-state index is 4.41. The average Bonchev–Trinajstić information content (AvgIpc) is 3.02. The summed E-state index contributed by atoms with van der Waals surface area (Å²) in [6.07, 6.45) is 1.86. The van der Waals surface area contributed by atoms with E-state index in [-0.39, 0.29) is 0 Å². The summed E-state index contributed by atoms with van der Waals surface area (Å²) >= 11 is 1.63. The third kappa shape index (κ3) is 1.46. The van der Waals surface area contributed by atoms with E-state index in [0.717, 1.165) is 22.2 Å². The minimum absolute atomic E-state index is 0.745. The van der Waals surface area contributed by atoms with Crippen molar-refractivity contribution in [3.8, 4) is 22.2 Å². The summed E-state index contributed by atoms with van der Waals surface area (Å²) in [6.45, 7) is 0. The monoisotopic (exact) mass is 216 g/mol. The second kappa shape index (κ2) is 3.36. The third-order valence-corrected chi connectivity index (χ3v) is 2.95. The molecule has 0 spiro atoms. The molecule has 3 aromatic heterocycles. The Morgan fingerprint density at radius 1 is 1.20 bits per heavy atom. The molecule has 0 unspecified atom stereocenters. The first kappa shape index (κ1) is 8.43. The van der Waals surface area contributed by atoms with Crippen molar-refractivity contribution in [2.24, 2.45) is 0 Å². The summed E-state index contributed by atoms with van der Waals surface area (Å²) in [5.41, 5.74) is 0.949. The Labute approximate surface area is 90.0 Å². The van der Waals surface area contributed by atoms with Crippen LogP contribution < -0.4 is 0 Å². The molecular weight excluding hydrogens is 208 g/mol. The van der Waals surface area contributed by atoms with Crippen LogP contribution in [0.4, 0.5) is 0 Å². The zero-order valence-corrected chi connectivity index (χ0v) is 8.58. The first-order chi connectivity index (χ1) is 7.43. The molecule has 3 rings (SSSR count). The smallest absolute Gasteiger partial charge is 0.191 e. The van der Waals surface area contributed by atoms with Gasteiger partial charge in [0.2, 0.25) is 0 Å². The Bertz CT molecular complexity index is 487. The van der Waals surface area contributed by atoms with E-state index in [4.69, 9.17) is 0 Å². The molecule has 5 heteroatoms. The second-order valence-corrected chi connectivity index (χ2v) is 4.02. The molecule has 0 amide bonds. The molecule has 0 aliphatic heterocycles. The molecular formula is C10H8N4S. The molecule has 0 fully saturated rings. The summed E-state index contributed by atoms with van der Waals surface area (Å²) in [6, 6.07) is 7.89. The van der Waals surface area contributed by atoms with E-state index in [1.165, 1.54) is 0 Å². The summed E-state index contributed by atoms with van der Waals surface area (Å²) in [4.78, 5) is 8.56. The van der Waals surface area contributed by atoms with E-state index in [2.05, 4.69) is 20.2 Å². The Morgan fingerprint density at radius 3 is 2.93 bits per heavy atom. The zero-order chi connectivity index (χ0) is 10.1. The van der Waals surface area contributed by atoms with Gasteiger partial charge in [0.15, 0.2) is 11.6 Å². The standard InChI is InChI=1S/C10H8N4S/c1-3-7(11-5-1)9-12-10(14-13-9)8-4-2-6-15-8/h1-6,11H,(H,12,13,14). The molecule has 0 saturated heterocycles. The number of nitrogens with one attached hydrogen (secondary N) is 2. The van der Waals surface area contributed by atoms with Gasteiger partial charge < -0.3 is 4.98 Å². The molecule has 0 radical (unpaired) electrons. The van der Waals surface area contributed by atoms with Gasteiger partial charge in [0.25, 0.3) is 0 Å². The molecule has 0 aliphatic rings. The van der Waals surface area contributed by atoms with Crippen LogP contribution >= 0.6 is 11.3 Å². The molecule has 0 aromatic carbocycles. The Kier molecular flexibility index (Phi) is 1.89. The van der Waals surface area contributed by atoms with Crippen LogP contribution in [-0.2, 0) is 0 Å². The maximum absolute atomic E-state index is 4.41. The molecule has 15 heavy (non-hydrogen) atoms. The summed E-state index contributed by atoms with van der Waals surface area (Å²) < 4.78 is 0. The number of aromatic nitrogens is 4. The lowest BCUT2D eigenvalue weighted by molar-refractivity contribution is 1.10. The van der Waals surface area contributed by atoms with Crippen LogP contribution in [0.15, 0.2) is 35.8 Å². The van der Waals surface area contributed by atoms with E-state index < -0.39 is 0 Å². The Balaban J connectivity index is 2.02. The van der Waals surface area contributed by atoms with Crippen molar-refractivity contribution in [3.05, 3.63) is 35.8 Å². The van der Waals surface area contributed by atoms with Crippen LogP contribution in [0.25, 0.3) is 22.2 Å². The number of aromatic amines is 2. The Morgan fingerprint density at radius 2 is 2.20 bits per heavy atom. The number of hydrogen-bond acceptors (Lipinski definition) is 3. The average molecular weight is 216 g/mol. The van der Waals surface area contributed by atoms with Gasteiger partial charge in [-0.15, -0.1) is 11.3 Å². The van der Waals surface area contributed by atoms with Gasteiger partial charge >= 0.3 is 0 Å².